The van der Waals surface area contributed by atoms with Crippen molar-refractivity contribution in [1.29, 1.82) is 0 Å². The van der Waals surface area contributed by atoms with Gasteiger partial charge in [-0.25, -0.2) is 10.3 Å². The summed E-state index contributed by atoms with van der Waals surface area (Å²) in [6, 6.07) is 9.13. The zero-order valence-corrected chi connectivity index (χ0v) is 17.6. The Balaban J connectivity index is 1.44. The molecule has 0 radical (unpaired) electrons. The summed E-state index contributed by atoms with van der Waals surface area (Å²) < 4.78 is 5.57. The number of hydrogen-bond acceptors (Lipinski definition) is 6. The second-order valence-corrected chi connectivity index (χ2v) is 8.36. The van der Waals surface area contributed by atoms with Crippen molar-refractivity contribution in [3.8, 4) is 0 Å². The van der Waals surface area contributed by atoms with Crippen molar-refractivity contribution in [2.24, 2.45) is 5.92 Å². The fraction of sp³-hybridized carbons (Fsp3) is 0.500. The molecular formula is C22H28N4O5. The molecule has 4 rings (SSSR count). The number of nitrogens with one attached hydrogen (secondary N) is 1. The SMILES string of the molecule is CN1CC(OC(=O)N2CCC2)CC(C(=O)NO)C1C(=O)N1CC=C(c2ccccc2)C1. The first-order valence-corrected chi connectivity index (χ1v) is 10.6. The van der Waals surface area contributed by atoms with E-state index in [1.54, 1.807) is 27.2 Å². The fourth-order valence-corrected chi connectivity index (χ4v) is 4.50. The molecule has 0 aromatic heterocycles. The summed E-state index contributed by atoms with van der Waals surface area (Å²) in [5, 5.41) is 9.26. The van der Waals surface area contributed by atoms with Crippen LogP contribution in [0.2, 0.25) is 0 Å². The number of hydroxylamine groups is 1. The third-order valence-electron chi connectivity index (χ3n) is 6.32. The molecule has 9 heteroatoms. The van der Waals surface area contributed by atoms with Gasteiger partial charge in [0.15, 0.2) is 0 Å². The normalized spacial score (nSPS) is 26.1. The van der Waals surface area contributed by atoms with Gasteiger partial charge in [0.25, 0.3) is 0 Å². The van der Waals surface area contributed by atoms with Gasteiger partial charge in [-0.3, -0.25) is 19.7 Å². The van der Waals surface area contributed by atoms with Gasteiger partial charge in [0.2, 0.25) is 11.8 Å². The van der Waals surface area contributed by atoms with Crippen LogP contribution in [-0.4, -0.2) is 89.7 Å². The van der Waals surface area contributed by atoms with E-state index in [0.29, 0.717) is 32.7 Å². The van der Waals surface area contributed by atoms with Gasteiger partial charge >= 0.3 is 6.09 Å². The number of rotatable bonds is 4. The van der Waals surface area contributed by atoms with Crippen molar-refractivity contribution in [2.75, 3.05) is 39.8 Å². The molecule has 31 heavy (non-hydrogen) atoms. The summed E-state index contributed by atoms with van der Waals surface area (Å²) in [4.78, 5) is 43.1. The molecule has 2 saturated heterocycles. The smallest absolute Gasteiger partial charge is 0.410 e. The lowest BCUT2D eigenvalue weighted by Gasteiger charge is -2.42. The highest BCUT2D eigenvalue weighted by molar-refractivity contribution is 5.92. The first-order valence-electron chi connectivity index (χ1n) is 10.6. The van der Waals surface area contributed by atoms with Gasteiger partial charge in [0, 0.05) is 32.7 Å². The quantitative estimate of drug-likeness (QED) is 0.547. The monoisotopic (exact) mass is 428 g/mol. The van der Waals surface area contributed by atoms with Crippen molar-refractivity contribution in [2.45, 2.75) is 25.0 Å². The molecule has 0 bridgehead atoms. The van der Waals surface area contributed by atoms with Crippen LogP contribution in [0.5, 0.6) is 0 Å². The van der Waals surface area contributed by atoms with Crippen LogP contribution in [0, 0.1) is 5.92 Å². The Labute approximate surface area is 181 Å². The molecule has 3 atom stereocenters. The van der Waals surface area contributed by atoms with Crippen molar-refractivity contribution < 1.29 is 24.3 Å². The molecule has 1 aromatic rings. The Hall–Kier alpha value is -2.91. The second-order valence-electron chi connectivity index (χ2n) is 8.36. The highest BCUT2D eigenvalue weighted by atomic mass is 16.6. The van der Waals surface area contributed by atoms with Gasteiger partial charge in [-0.2, -0.15) is 0 Å². The predicted molar refractivity (Wildman–Crippen MR) is 112 cm³/mol. The van der Waals surface area contributed by atoms with Gasteiger partial charge in [-0.05, 0) is 31.0 Å². The lowest BCUT2D eigenvalue weighted by atomic mass is 9.86. The minimum atomic E-state index is -0.828. The van der Waals surface area contributed by atoms with Gasteiger partial charge < -0.3 is 14.5 Å². The molecule has 1 aromatic carbocycles. The van der Waals surface area contributed by atoms with Crippen molar-refractivity contribution in [1.82, 2.24) is 20.2 Å². The average molecular weight is 428 g/mol. The lowest BCUT2D eigenvalue weighted by Crippen LogP contribution is -2.60. The maximum atomic E-state index is 13.4. The average Bonchev–Trinajstić information content (AvgIpc) is 3.22. The molecule has 0 aliphatic carbocycles. The highest BCUT2D eigenvalue weighted by Crippen LogP contribution is 2.29. The summed E-state index contributed by atoms with van der Waals surface area (Å²) >= 11 is 0. The Bertz CT molecular complexity index is 870. The van der Waals surface area contributed by atoms with Gasteiger partial charge in [-0.15, -0.1) is 0 Å². The van der Waals surface area contributed by atoms with Crippen LogP contribution in [0.4, 0.5) is 4.79 Å². The zero-order valence-electron chi connectivity index (χ0n) is 17.6. The third-order valence-corrected chi connectivity index (χ3v) is 6.32. The summed E-state index contributed by atoms with van der Waals surface area (Å²) in [5.74, 6) is -1.65. The van der Waals surface area contributed by atoms with E-state index >= 15 is 0 Å². The van der Waals surface area contributed by atoms with Crippen LogP contribution in [0.25, 0.3) is 5.57 Å². The van der Waals surface area contributed by atoms with E-state index < -0.39 is 30.1 Å². The molecule has 3 amide bonds. The highest BCUT2D eigenvalue weighted by Gasteiger charge is 2.46. The van der Waals surface area contributed by atoms with E-state index in [2.05, 4.69) is 0 Å². The maximum Gasteiger partial charge on any atom is 0.410 e. The van der Waals surface area contributed by atoms with Crippen LogP contribution < -0.4 is 5.48 Å². The van der Waals surface area contributed by atoms with E-state index in [0.717, 1.165) is 17.6 Å². The zero-order chi connectivity index (χ0) is 22.0. The lowest BCUT2D eigenvalue weighted by molar-refractivity contribution is -0.151. The number of nitrogens with zero attached hydrogens (tertiary/aromatic N) is 3. The first-order chi connectivity index (χ1) is 15.0. The Morgan fingerprint density at radius 1 is 1.13 bits per heavy atom. The van der Waals surface area contributed by atoms with Crippen molar-refractivity contribution in [3.05, 3.63) is 42.0 Å². The Morgan fingerprint density at radius 2 is 1.87 bits per heavy atom. The molecule has 2 fully saturated rings. The topological polar surface area (TPSA) is 102 Å². The number of benzene rings is 1. The number of carbonyl (C=O) groups excluding carboxylic acids is 3. The Kier molecular flexibility index (Phi) is 6.24. The number of ether oxygens (including phenoxy) is 1. The number of likely N-dealkylation sites (tertiary alicyclic amines) is 2. The van der Waals surface area contributed by atoms with E-state index in [9.17, 15) is 19.6 Å². The molecule has 3 aliphatic heterocycles. The summed E-state index contributed by atoms with van der Waals surface area (Å²) in [6.07, 6.45) is 2.24. The van der Waals surface area contributed by atoms with Crippen molar-refractivity contribution in [3.63, 3.8) is 0 Å². The number of carbonyl (C=O) groups is 3. The molecule has 166 valence electrons. The number of piperidine rings is 1. The molecule has 0 saturated carbocycles. The molecule has 0 spiro atoms. The molecule has 3 aliphatic rings. The minimum absolute atomic E-state index is 0.175. The van der Waals surface area contributed by atoms with Crippen molar-refractivity contribution >= 4 is 23.5 Å². The largest absolute Gasteiger partial charge is 0.445 e. The van der Waals surface area contributed by atoms with E-state index in [1.807, 2.05) is 36.4 Å². The fourth-order valence-electron chi connectivity index (χ4n) is 4.50. The van der Waals surface area contributed by atoms with Crippen LogP contribution in [0.3, 0.4) is 0 Å². The number of amides is 3. The molecule has 9 nitrogen and oxygen atoms in total. The standard InChI is InChI=1S/C22H28N4O5/c1-24-14-17(31-22(29)25-9-5-10-25)12-18(20(27)23-30)19(24)21(28)26-11-8-16(13-26)15-6-3-2-4-7-15/h2-4,6-8,17-19,30H,5,9-14H2,1H3,(H,23,27). The third kappa shape index (κ3) is 4.42. The predicted octanol–water partition coefficient (Wildman–Crippen LogP) is 0.949. The maximum absolute atomic E-state index is 13.4. The Morgan fingerprint density at radius 3 is 2.52 bits per heavy atom. The molecular weight excluding hydrogens is 400 g/mol. The second kappa shape index (κ2) is 9.07. The summed E-state index contributed by atoms with van der Waals surface area (Å²) in [5.41, 5.74) is 3.82. The molecule has 3 unspecified atom stereocenters. The van der Waals surface area contributed by atoms with E-state index in [1.165, 1.54) is 0 Å². The summed E-state index contributed by atoms with van der Waals surface area (Å²) in [7, 11) is 1.74. The number of hydrogen-bond donors (Lipinski definition) is 2. The van der Waals surface area contributed by atoms with Gasteiger partial charge in [0.05, 0.1) is 5.92 Å². The van der Waals surface area contributed by atoms with Crippen LogP contribution in [0.1, 0.15) is 18.4 Å². The first kappa shape index (κ1) is 21.3. The van der Waals surface area contributed by atoms with Gasteiger partial charge in [0.1, 0.15) is 12.1 Å². The van der Waals surface area contributed by atoms with Crippen LogP contribution in [0.15, 0.2) is 36.4 Å². The van der Waals surface area contributed by atoms with Crippen LogP contribution in [-0.2, 0) is 14.3 Å². The molecule has 3 heterocycles. The number of likely N-dealkylation sites (N-methyl/N-ethyl adjacent to an activating group) is 1. The minimum Gasteiger partial charge on any atom is -0.445 e. The van der Waals surface area contributed by atoms with E-state index in [-0.39, 0.29) is 12.3 Å². The molecule has 2 N–H and O–H groups in total. The summed E-state index contributed by atoms with van der Waals surface area (Å²) in [6.45, 7) is 2.63. The van der Waals surface area contributed by atoms with Gasteiger partial charge in [-0.1, -0.05) is 36.4 Å². The van der Waals surface area contributed by atoms with Crippen LogP contribution >= 0.6 is 0 Å². The van der Waals surface area contributed by atoms with E-state index in [4.69, 9.17) is 4.74 Å².